The molecule has 0 atom stereocenters. The van der Waals surface area contributed by atoms with Crippen molar-refractivity contribution in [3.05, 3.63) is 217 Å². The van der Waals surface area contributed by atoms with Crippen molar-refractivity contribution in [3.8, 4) is 78.8 Å². The lowest BCUT2D eigenvalue weighted by Crippen LogP contribution is -2.55. The number of benzene rings is 8. The molecule has 3 nitrogen and oxygen atoms in total. The van der Waals surface area contributed by atoms with Crippen molar-refractivity contribution in [2.75, 3.05) is 0 Å². The minimum absolute atomic E-state index is 0.0522. The predicted octanol–water partition coefficient (Wildman–Crippen LogP) is 16.1. The molecule has 1 spiro atoms. The van der Waals surface area contributed by atoms with Crippen molar-refractivity contribution in [1.29, 1.82) is 5.26 Å². The molecule has 8 aromatic carbocycles. The number of para-hydroxylation sites is 2. The molecular formula is C64H47N3. The van der Waals surface area contributed by atoms with Gasteiger partial charge in [-0.1, -0.05) is 133 Å². The van der Waals surface area contributed by atoms with Crippen LogP contribution in [0.4, 0.5) is 0 Å². The van der Waals surface area contributed by atoms with Crippen LogP contribution < -0.4 is 0 Å². The molecule has 3 heteroatoms. The Balaban J connectivity index is 0.867. The van der Waals surface area contributed by atoms with Gasteiger partial charge in [0.15, 0.2) is 0 Å². The molecule has 0 unspecified atom stereocenters. The Labute approximate surface area is 391 Å². The van der Waals surface area contributed by atoms with Gasteiger partial charge < -0.3 is 4.57 Å². The van der Waals surface area contributed by atoms with E-state index in [2.05, 4.69) is 199 Å². The van der Waals surface area contributed by atoms with Crippen LogP contribution in [0.15, 0.2) is 200 Å². The van der Waals surface area contributed by atoms with Crippen LogP contribution >= 0.6 is 0 Å². The van der Waals surface area contributed by atoms with Gasteiger partial charge in [0, 0.05) is 33.0 Å². The third-order valence-electron chi connectivity index (χ3n) is 16.4. The van der Waals surface area contributed by atoms with Gasteiger partial charge >= 0.3 is 0 Å². The lowest BCUT2D eigenvalue weighted by Gasteiger charge is -2.61. The third-order valence-corrected chi connectivity index (χ3v) is 16.4. The van der Waals surface area contributed by atoms with Crippen LogP contribution in [0, 0.1) is 35.0 Å². The minimum Gasteiger partial charge on any atom is -0.309 e. The van der Waals surface area contributed by atoms with Gasteiger partial charge in [-0.3, -0.25) is 0 Å². The summed E-state index contributed by atoms with van der Waals surface area (Å²) in [5.41, 5.74) is 21.6. The van der Waals surface area contributed by atoms with Crippen molar-refractivity contribution < 1.29 is 0 Å². The molecule has 5 aliphatic rings. The Morgan fingerprint density at radius 2 is 0.955 bits per heavy atom. The molecule has 0 aliphatic heterocycles. The quantitative estimate of drug-likeness (QED) is 0.167. The Hall–Kier alpha value is -7.80. The molecule has 67 heavy (non-hydrogen) atoms. The Morgan fingerprint density at radius 3 is 1.63 bits per heavy atom. The standard InChI is InChI=1S/C64H47N3/c65-39-40-17-19-43(20-18-40)48-24-28-58-57(35-48)54-27-23-49(36-59(54)64(58)51-30-41-29-42(32-51)33-52(64)31-41)46-11-8-12-47(34-46)50-37-60(44-9-2-1-3-10-44)66-61(38-50)45-21-25-53(26-22-45)67-62-15-6-4-13-55(62)56-14-5-7-16-63(56)67/h1-28,34-38,41-42,51-52H,29-33H2. The van der Waals surface area contributed by atoms with Crippen molar-refractivity contribution in [3.63, 3.8) is 0 Å². The van der Waals surface area contributed by atoms with Crippen LogP contribution in [0.1, 0.15) is 48.8 Å². The Kier molecular flexibility index (Phi) is 8.53. The summed E-state index contributed by atoms with van der Waals surface area (Å²) >= 11 is 0. The summed E-state index contributed by atoms with van der Waals surface area (Å²) in [4.78, 5) is 5.33. The van der Waals surface area contributed by atoms with E-state index in [1.807, 2.05) is 12.1 Å². The number of nitrogens with zero attached hydrogens (tertiary/aromatic N) is 3. The maximum atomic E-state index is 9.49. The number of fused-ring (bicyclic) bond motifs is 6. The van der Waals surface area contributed by atoms with Gasteiger partial charge in [0.25, 0.3) is 0 Å². The number of aromatic nitrogens is 2. The second-order valence-corrected chi connectivity index (χ2v) is 19.9. The van der Waals surface area contributed by atoms with Gasteiger partial charge in [0.05, 0.1) is 34.1 Å². The van der Waals surface area contributed by atoms with Gasteiger partial charge in [0.2, 0.25) is 0 Å². The van der Waals surface area contributed by atoms with E-state index in [-0.39, 0.29) is 5.41 Å². The lowest BCUT2D eigenvalue weighted by atomic mass is 9.43. The first-order chi connectivity index (χ1) is 33.1. The first-order valence-corrected chi connectivity index (χ1v) is 24.2. The SMILES string of the molecule is N#Cc1ccc(-c2ccc3c(c2)-c2ccc(-c4cccc(-c5cc(-c6ccccc6)nc(-c6ccc(-n7c8ccccc8c8ccccc87)cc6)c5)c4)cc2C32C3CC4CC(C3)CC2C4)cc1. The number of rotatable bonds is 6. The van der Waals surface area contributed by atoms with Crippen LogP contribution in [0.2, 0.25) is 0 Å². The molecule has 4 fully saturated rings. The van der Waals surface area contributed by atoms with Crippen LogP contribution in [0.3, 0.4) is 0 Å². The smallest absolute Gasteiger partial charge is 0.0991 e. The van der Waals surface area contributed by atoms with Crippen molar-refractivity contribution in [2.24, 2.45) is 23.7 Å². The molecule has 0 amide bonds. The zero-order valence-electron chi connectivity index (χ0n) is 37.2. The minimum atomic E-state index is 0.0522. The molecule has 15 rings (SSSR count). The van der Waals surface area contributed by atoms with E-state index in [4.69, 9.17) is 4.98 Å². The third kappa shape index (κ3) is 5.92. The van der Waals surface area contributed by atoms with Gasteiger partial charge in [-0.25, -0.2) is 4.98 Å². The lowest BCUT2D eigenvalue weighted by molar-refractivity contribution is -0.0399. The van der Waals surface area contributed by atoms with E-state index in [0.29, 0.717) is 17.4 Å². The van der Waals surface area contributed by atoms with Gasteiger partial charge in [-0.2, -0.15) is 5.26 Å². The maximum absolute atomic E-state index is 9.49. The van der Waals surface area contributed by atoms with Crippen molar-refractivity contribution in [1.82, 2.24) is 9.55 Å². The maximum Gasteiger partial charge on any atom is 0.0991 e. The van der Waals surface area contributed by atoms with E-state index >= 15 is 0 Å². The van der Waals surface area contributed by atoms with E-state index < -0.39 is 0 Å². The molecular weight excluding hydrogens is 811 g/mol. The summed E-state index contributed by atoms with van der Waals surface area (Å²) in [5.74, 6) is 3.10. The number of nitriles is 1. The van der Waals surface area contributed by atoms with Crippen LogP contribution in [-0.2, 0) is 5.41 Å². The summed E-state index contributed by atoms with van der Waals surface area (Å²) in [7, 11) is 0. The van der Waals surface area contributed by atoms with Crippen LogP contribution in [0.5, 0.6) is 0 Å². The second kappa shape index (κ2) is 14.9. The molecule has 5 aliphatic carbocycles. The van der Waals surface area contributed by atoms with Crippen molar-refractivity contribution in [2.45, 2.75) is 37.5 Å². The first-order valence-electron chi connectivity index (χ1n) is 24.2. The monoisotopic (exact) mass is 857 g/mol. The highest BCUT2D eigenvalue weighted by atomic mass is 15.0. The predicted molar refractivity (Wildman–Crippen MR) is 274 cm³/mol. The molecule has 4 saturated carbocycles. The van der Waals surface area contributed by atoms with Crippen LogP contribution in [0.25, 0.3) is 94.5 Å². The normalized spacial score (nSPS) is 20.9. The first kappa shape index (κ1) is 38.5. The topological polar surface area (TPSA) is 41.6 Å². The van der Waals surface area contributed by atoms with E-state index in [1.54, 1.807) is 11.1 Å². The molecule has 2 aromatic heterocycles. The average Bonchev–Trinajstić information content (AvgIpc) is 3.88. The fraction of sp³-hybridized carbons (Fsp3) is 0.156. The number of hydrogen-bond donors (Lipinski definition) is 0. The fourth-order valence-corrected chi connectivity index (χ4v) is 13.8. The summed E-state index contributed by atoms with van der Waals surface area (Å²) in [6, 6.07) is 75.7. The summed E-state index contributed by atoms with van der Waals surface area (Å²) < 4.78 is 2.37. The summed E-state index contributed by atoms with van der Waals surface area (Å²) in [6.07, 6.45) is 6.82. The molecule has 2 heterocycles. The van der Waals surface area contributed by atoms with Gasteiger partial charge in [-0.15, -0.1) is 0 Å². The molecule has 10 aromatic rings. The highest BCUT2D eigenvalue weighted by molar-refractivity contribution is 6.09. The number of pyridine rings is 1. The number of hydrogen-bond acceptors (Lipinski definition) is 2. The van der Waals surface area contributed by atoms with Gasteiger partial charge in [0.1, 0.15) is 0 Å². The van der Waals surface area contributed by atoms with Gasteiger partial charge in [-0.05, 0) is 178 Å². The second-order valence-electron chi connectivity index (χ2n) is 19.9. The Bertz CT molecular complexity index is 3560. The molecule has 0 radical (unpaired) electrons. The zero-order chi connectivity index (χ0) is 44.2. The molecule has 4 bridgehead atoms. The van der Waals surface area contributed by atoms with E-state index in [9.17, 15) is 5.26 Å². The zero-order valence-corrected chi connectivity index (χ0v) is 37.2. The molecule has 0 saturated heterocycles. The highest BCUT2D eigenvalue weighted by Gasteiger charge is 2.61. The molecule has 318 valence electrons. The highest BCUT2D eigenvalue weighted by Crippen LogP contribution is 2.69. The fourth-order valence-electron chi connectivity index (χ4n) is 13.8. The van der Waals surface area contributed by atoms with Crippen LogP contribution in [-0.4, -0.2) is 9.55 Å². The molecule has 0 N–H and O–H groups in total. The summed E-state index contributed by atoms with van der Waals surface area (Å²) in [5, 5.41) is 12.0. The van der Waals surface area contributed by atoms with E-state index in [0.717, 1.165) is 51.2 Å². The van der Waals surface area contributed by atoms with E-state index in [1.165, 1.54) is 87.3 Å². The average molecular weight is 858 g/mol. The summed E-state index contributed by atoms with van der Waals surface area (Å²) in [6.45, 7) is 0. The largest absolute Gasteiger partial charge is 0.309 e. The van der Waals surface area contributed by atoms with Crippen molar-refractivity contribution >= 4 is 21.8 Å². The Morgan fingerprint density at radius 1 is 0.418 bits per heavy atom.